The predicted molar refractivity (Wildman–Crippen MR) is 78.6 cm³/mol. The normalized spacial score (nSPS) is 12.3. The van der Waals surface area contributed by atoms with Crippen molar-refractivity contribution in [2.45, 2.75) is 6.10 Å². The van der Waals surface area contributed by atoms with E-state index < -0.39 is 12.0 Å². The predicted octanol–water partition coefficient (Wildman–Crippen LogP) is 2.52. The van der Waals surface area contributed by atoms with Crippen molar-refractivity contribution in [3.63, 3.8) is 0 Å². The number of hydrogen-bond donors (Lipinski definition) is 2. The van der Waals surface area contributed by atoms with Gasteiger partial charge in [-0.1, -0.05) is 60.1 Å². The van der Waals surface area contributed by atoms with Crippen LogP contribution in [-0.4, -0.2) is 17.2 Å². The Morgan fingerprint density at radius 1 is 1.15 bits per heavy atom. The molecule has 5 heteroatoms. The van der Waals surface area contributed by atoms with E-state index in [4.69, 9.17) is 11.6 Å². The molecule has 0 spiro atoms. The first-order valence-electron chi connectivity index (χ1n) is 5.99. The highest BCUT2D eigenvalue weighted by Gasteiger charge is 2.15. The Morgan fingerprint density at radius 3 is 2.50 bits per heavy atom. The van der Waals surface area contributed by atoms with Crippen molar-refractivity contribution >= 4 is 23.7 Å². The maximum atomic E-state index is 11.7. The molecule has 2 aromatic carbocycles. The lowest BCUT2D eigenvalue weighted by Gasteiger charge is -2.08. The third-order valence-electron chi connectivity index (χ3n) is 2.65. The molecule has 2 N–H and O–H groups in total. The minimum Gasteiger partial charge on any atom is -0.378 e. The summed E-state index contributed by atoms with van der Waals surface area (Å²) in [6.07, 6.45) is 0.178. The number of carbonyl (C=O) groups excluding carboxylic acids is 1. The Hall–Kier alpha value is -2.17. The van der Waals surface area contributed by atoms with Crippen LogP contribution in [0.2, 0.25) is 5.02 Å². The van der Waals surface area contributed by atoms with Crippen molar-refractivity contribution in [2.24, 2.45) is 5.10 Å². The number of rotatable bonds is 4. The van der Waals surface area contributed by atoms with Gasteiger partial charge in [0.05, 0.1) is 6.21 Å². The van der Waals surface area contributed by atoms with Crippen LogP contribution >= 0.6 is 11.6 Å². The highest BCUT2D eigenvalue weighted by atomic mass is 35.5. The number of carbonyl (C=O) groups is 1. The number of benzene rings is 2. The number of halogens is 1. The second-order valence-corrected chi connectivity index (χ2v) is 4.48. The molecule has 1 atom stereocenters. The van der Waals surface area contributed by atoms with E-state index in [9.17, 15) is 9.90 Å². The van der Waals surface area contributed by atoms with E-state index in [2.05, 4.69) is 10.5 Å². The van der Waals surface area contributed by atoms with Gasteiger partial charge in [-0.05, 0) is 11.6 Å². The van der Waals surface area contributed by atoms with Crippen LogP contribution in [0.1, 0.15) is 17.2 Å². The molecule has 2 rings (SSSR count). The van der Waals surface area contributed by atoms with Gasteiger partial charge in [0.15, 0.2) is 6.10 Å². The molecule has 0 saturated carbocycles. The molecule has 0 fully saturated rings. The van der Waals surface area contributed by atoms with Crippen LogP contribution in [0.5, 0.6) is 0 Å². The first-order chi connectivity index (χ1) is 9.68. The van der Waals surface area contributed by atoms with Gasteiger partial charge in [-0.2, -0.15) is 5.10 Å². The Balaban J connectivity index is 1.97. The van der Waals surface area contributed by atoms with Gasteiger partial charge in [0, 0.05) is 10.6 Å². The van der Waals surface area contributed by atoms with Crippen molar-refractivity contribution in [2.75, 3.05) is 0 Å². The molecule has 20 heavy (non-hydrogen) atoms. The van der Waals surface area contributed by atoms with Gasteiger partial charge in [0.25, 0.3) is 5.91 Å². The zero-order valence-corrected chi connectivity index (χ0v) is 11.3. The summed E-state index contributed by atoms with van der Waals surface area (Å²) in [6.45, 7) is 0. The zero-order chi connectivity index (χ0) is 14.4. The van der Waals surface area contributed by atoms with E-state index in [0.717, 1.165) is 0 Å². The number of hydrogen-bond acceptors (Lipinski definition) is 3. The molecule has 0 bridgehead atoms. The second kappa shape index (κ2) is 6.84. The molecule has 0 aliphatic rings. The number of nitrogens with zero attached hydrogens (tertiary/aromatic N) is 1. The third kappa shape index (κ3) is 3.66. The van der Waals surface area contributed by atoms with E-state index in [-0.39, 0.29) is 0 Å². The van der Waals surface area contributed by atoms with Crippen LogP contribution in [0, 0.1) is 0 Å². The second-order valence-electron chi connectivity index (χ2n) is 4.07. The minimum atomic E-state index is -1.25. The third-order valence-corrected chi connectivity index (χ3v) is 2.99. The van der Waals surface area contributed by atoms with Crippen LogP contribution in [0.15, 0.2) is 59.7 Å². The van der Waals surface area contributed by atoms with Gasteiger partial charge >= 0.3 is 0 Å². The van der Waals surface area contributed by atoms with E-state index in [1.165, 1.54) is 6.21 Å². The molecule has 4 nitrogen and oxygen atoms in total. The molecule has 0 heterocycles. The number of aliphatic hydroxyl groups is 1. The topological polar surface area (TPSA) is 61.7 Å². The lowest BCUT2D eigenvalue weighted by molar-refractivity contribution is -0.129. The van der Waals surface area contributed by atoms with Crippen LogP contribution in [0.25, 0.3) is 0 Å². The molecule has 0 saturated heterocycles. The van der Waals surface area contributed by atoms with Gasteiger partial charge < -0.3 is 5.11 Å². The smallest absolute Gasteiger partial charge is 0.273 e. The quantitative estimate of drug-likeness (QED) is 0.671. The lowest BCUT2D eigenvalue weighted by Crippen LogP contribution is -2.25. The van der Waals surface area contributed by atoms with Gasteiger partial charge in [-0.25, -0.2) is 5.43 Å². The van der Waals surface area contributed by atoms with E-state index >= 15 is 0 Å². The fraction of sp³-hybridized carbons (Fsp3) is 0.0667. The largest absolute Gasteiger partial charge is 0.378 e. The molecule has 0 radical (unpaired) electrons. The molecule has 2 aromatic rings. The highest BCUT2D eigenvalue weighted by molar-refractivity contribution is 6.33. The summed E-state index contributed by atoms with van der Waals surface area (Å²) < 4.78 is 0. The van der Waals surface area contributed by atoms with Gasteiger partial charge in [0.1, 0.15) is 0 Å². The van der Waals surface area contributed by atoms with E-state index in [1.807, 2.05) is 12.1 Å². The molecule has 0 aliphatic heterocycles. The molecule has 0 aromatic heterocycles. The van der Waals surface area contributed by atoms with Crippen LogP contribution in [-0.2, 0) is 4.79 Å². The number of nitrogens with one attached hydrogen (secondary N) is 1. The maximum absolute atomic E-state index is 11.7. The fourth-order valence-electron chi connectivity index (χ4n) is 1.59. The summed E-state index contributed by atoms with van der Waals surface area (Å²) in [5.74, 6) is -0.598. The van der Waals surface area contributed by atoms with Crippen molar-refractivity contribution in [1.82, 2.24) is 5.43 Å². The maximum Gasteiger partial charge on any atom is 0.273 e. The van der Waals surface area contributed by atoms with Crippen molar-refractivity contribution in [1.29, 1.82) is 0 Å². The summed E-state index contributed by atoms with van der Waals surface area (Å²) in [7, 11) is 0. The Labute approximate surface area is 121 Å². The first-order valence-corrected chi connectivity index (χ1v) is 6.37. The summed E-state index contributed by atoms with van der Waals surface area (Å²) in [5, 5.41) is 14.1. The Kier molecular flexibility index (Phi) is 4.87. The number of amides is 1. The van der Waals surface area contributed by atoms with Crippen LogP contribution in [0.4, 0.5) is 0 Å². The van der Waals surface area contributed by atoms with E-state index in [0.29, 0.717) is 16.1 Å². The van der Waals surface area contributed by atoms with Gasteiger partial charge in [0.2, 0.25) is 0 Å². The van der Waals surface area contributed by atoms with Gasteiger partial charge in [-0.3, -0.25) is 4.79 Å². The number of hydrazone groups is 1. The lowest BCUT2D eigenvalue weighted by atomic mass is 10.1. The van der Waals surface area contributed by atoms with Crippen LogP contribution < -0.4 is 5.43 Å². The molecule has 102 valence electrons. The Morgan fingerprint density at radius 2 is 1.80 bits per heavy atom. The summed E-state index contributed by atoms with van der Waals surface area (Å²) in [4.78, 5) is 11.7. The first kappa shape index (κ1) is 14.2. The number of aliphatic hydroxyl groups excluding tert-OH is 1. The average molecular weight is 289 g/mol. The van der Waals surface area contributed by atoms with Crippen molar-refractivity contribution in [3.8, 4) is 0 Å². The SMILES string of the molecule is O=C(N/N=C\c1ccccc1Cl)[C@H](O)c1ccccc1. The monoisotopic (exact) mass is 288 g/mol. The highest BCUT2D eigenvalue weighted by Crippen LogP contribution is 2.13. The minimum absolute atomic E-state index is 0.512. The molecular formula is C15H13ClN2O2. The van der Waals surface area contributed by atoms with E-state index in [1.54, 1.807) is 42.5 Å². The zero-order valence-electron chi connectivity index (χ0n) is 10.5. The molecule has 0 aliphatic carbocycles. The standard InChI is InChI=1S/C15H13ClN2O2/c16-13-9-5-4-8-12(13)10-17-18-15(20)14(19)11-6-2-1-3-7-11/h1-10,14,19H,(H,18,20)/b17-10-/t14-/m1/s1. The van der Waals surface area contributed by atoms with Gasteiger partial charge in [-0.15, -0.1) is 0 Å². The average Bonchev–Trinajstić information content (AvgIpc) is 2.49. The van der Waals surface area contributed by atoms with Crippen molar-refractivity contribution < 1.29 is 9.90 Å². The summed E-state index contributed by atoms with van der Waals surface area (Å²) in [6, 6.07) is 15.8. The molecule has 0 unspecified atom stereocenters. The summed E-state index contributed by atoms with van der Waals surface area (Å²) in [5.41, 5.74) is 3.47. The molecular weight excluding hydrogens is 276 g/mol. The Bertz CT molecular complexity index is 614. The molecule has 1 amide bonds. The summed E-state index contributed by atoms with van der Waals surface area (Å²) >= 11 is 5.94. The van der Waals surface area contributed by atoms with Crippen LogP contribution in [0.3, 0.4) is 0 Å². The fourth-order valence-corrected chi connectivity index (χ4v) is 1.78. The van der Waals surface area contributed by atoms with Crippen molar-refractivity contribution in [3.05, 3.63) is 70.7 Å².